The highest BCUT2D eigenvalue weighted by Gasteiger charge is 2.38. The summed E-state index contributed by atoms with van der Waals surface area (Å²) < 4.78 is 195. The fraction of sp³-hybridized carbons (Fsp3) is 0.263. The van der Waals surface area contributed by atoms with Gasteiger partial charge in [-0.2, -0.15) is 43.9 Å². The van der Waals surface area contributed by atoms with E-state index in [0.29, 0.717) is 34.6 Å². The number of hydrogen-bond donors (Lipinski definition) is 2. The topological polar surface area (TPSA) is 142 Å². The van der Waals surface area contributed by atoms with Crippen LogP contribution in [0.4, 0.5) is 64.1 Å². The maximum atomic E-state index is 15.2. The Morgan fingerprint density at radius 2 is 0.823 bits per heavy atom. The first-order valence-corrected chi connectivity index (χ1v) is 24.0. The predicted octanol–water partition coefficient (Wildman–Crippen LogP) is 14.1. The second kappa shape index (κ2) is 26.4. The molecule has 6 rings (SSSR count). The van der Waals surface area contributed by atoms with Gasteiger partial charge in [-0.25, -0.2) is 18.4 Å². The molecule has 0 aliphatic carbocycles. The number of benzene rings is 6. The minimum Gasteiger partial charge on any atom is -0.493 e. The summed E-state index contributed by atoms with van der Waals surface area (Å²) >= 11 is 0. The highest BCUT2D eigenvalue weighted by atomic mass is 19.4. The average molecular weight is 1120 g/mol. The van der Waals surface area contributed by atoms with Gasteiger partial charge in [-0.15, -0.1) is 0 Å². The van der Waals surface area contributed by atoms with Crippen molar-refractivity contribution in [3.8, 4) is 23.0 Å². The number of ether oxygens (including phenoxy) is 6. The quantitative estimate of drug-likeness (QED) is 0.0177. The minimum absolute atomic E-state index is 0.154. The number of anilines is 2. The van der Waals surface area contributed by atoms with Gasteiger partial charge in [-0.05, 0) is 133 Å². The molecule has 0 aliphatic rings. The van der Waals surface area contributed by atoms with E-state index in [4.69, 9.17) is 30.4 Å². The fourth-order valence-electron chi connectivity index (χ4n) is 7.52. The Morgan fingerprint density at radius 3 is 1.15 bits per heavy atom. The van der Waals surface area contributed by atoms with Gasteiger partial charge in [0.05, 0.1) is 24.3 Å². The van der Waals surface area contributed by atoms with Crippen molar-refractivity contribution in [2.75, 3.05) is 37.9 Å². The molecule has 6 aromatic carbocycles. The highest BCUT2D eigenvalue weighted by Crippen LogP contribution is 2.37. The van der Waals surface area contributed by atoms with Gasteiger partial charge in [0.2, 0.25) is 0 Å². The SMILES string of the molecule is Nc1ccc(CC(COC(=O)/C=C/c2ccc(C(F)(F)Oc3ccc(OCCCC(F)(F)F)cc3F)cc2)(COC(=O)/C=C/c2ccc(C(F)(F)Oc3ccc(OCCCC(F)(F)F)cc3F)cc2)Cc2ccc(N)cc2)cc1. The van der Waals surface area contributed by atoms with Gasteiger partial charge in [-0.3, -0.25) is 0 Å². The number of carbonyl (C=O) groups excluding carboxylic acids is 2. The number of alkyl halides is 10. The van der Waals surface area contributed by atoms with Crippen molar-refractivity contribution in [3.63, 3.8) is 0 Å². The molecule has 0 saturated heterocycles. The van der Waals surface area contributed by atoms with Gasteiger partial charge in [0, 0.05) is 53.9 Å². The van der Waals surface area contributed by atoms with Crippen LogP contribution in [0.3, 0.4) is 0 Å². The number of rotatable bonds is 26. The number of esters is 2. The van der Waals surface area contributed by atoms with Crippen LogP contribution < -0.4 is 30.4 Å². The van der Waals surface area contributed by atoms with Crippen LogP contribution in [-0.4, -0.2) is 50.7 Å². The second-order valence-electron chi connectivity index (χ2n) is 18.0. The van der Waals surface area contributed by atoms with Crippen LogP contribution in [0, 0.1) is 17.0 Å². The number of carbonyl (C=O) groups is 2. The molecule has 4 N–H and O–H groups in total. The predicted molar refractivity (Wildman–Crippen MR) is 268 cm³/mol. The standard InChI is InChI=1S/C57H50F12N2O8/c58-47-31-45(74-29-1-27-54(60,61)62)21-23-49(47)78-56(66,67)41-13-3-37(4-14-41)11-25-51(72)76-35-53(33-39-7-17-43(70)18-8-39,34-40-9-19-44(71)20-10-40)36-77-52(73)26-12-38-5-15-42(16-6-38)57(68,69)79-50-24-22-46(32-48(50)59)75-30-2-28-55(63,64)65/h3-26,31-32H,1-2,27-30,33-36,70-71H2/b25-11+,26-12+. The largest absolute Gasteiger partial charge is 0.493 e. The zero-order chi connectivity index (χ0) is 57.4. The van der Waals surface area contributed by atoms with Gasteiger partial charge >= 0.3 is 36.5 Å². The van der Waals surface area contributed by atoms with Crippen molar-refractivity contribution >= 4 is 35.5 Å². The summed E-state index contributed by atoms with van der Waals surface area (Å²) in [5.41, 5.74) is 12.2. The molecule has 0 saturated carbocycles. The fourth-order valence-corrected chi connectivity index (χ4v) is 7.52. The van der Waals surface area contributed by atoms with Crippen molar-refractivity contribution in [2.24, 2.45) is 5.41 Å². The molecule has 79 heavy (non-hydrogen) atoms. The van der Waals surface area contributed by atoms with Crippen LogP contribution in [0.15, 0.2) is 146 Å². The third kappa shape index (κ3) is 19.6. The summed E-state index contributed by atoms with van der Waals surface area (Å²) in [5.74, 6) is -6.35. The van der Waals surface area contributed by atoms with Gasteiger partial charge in [0.15, 0.2) is 23.1 Å². The Labute approximate surface area is 445 Å². The van der Waals surface area contributed by atoms with Crippen LogP contribution in [-0.2, 0) is 44.1 Å². The molecule has 0 heterocycles. The third-order valence-electron chi connectivity index (χ3n) is 11.5. The Bertz CT molecular complexity index is 2820. The molecule has 0 aliphatic heterocycles. The summed E-state index contributed by atoms with van der Waals surface area (Å²) in [7, 11) is 0. The van der Waals surface area contributed by atoms with Crippen molar-refractivity contribution < 1.29 is 90.7 Å². The lowest BCUT2D eigenvalue weighted by Gasteiger charge is -2.33. The van der Waals surface area contributed by atoms with E-state index in [-0.39, 0.29) is 48.7 Å². The first-order chi connectivity index (χ1) is 37.2. The molecule has 0 spiro atoms. The lowest BCUT2D eigenvalue weighted by molar-refractivity contribution is -0.187. The van der Waals surface area contributed by atoms with Crippen LogP contribution in [0.5, 0.6) is 23.0 Å². The monoisotopic (exact) mass is 1120 g/mol. The van der Waals surface area contributed by atoms with Gasteiger partial charge in [0.25, 0.3) is 0 Å². The summed E-state index contributed by atoms with van der Waals surface area (Å²) in [6, 6.07) is 27.6. The van der Waals surface area contributed by atoms with Crippen molar-refractivity contribution in [2.45, 2.75) is 63.1 Å². The zero-order valence-electron chi connectivity index (χ0n) is 41.5. The molecular formula is C57H50F12N2O8. The van der Waals surface area contributed by atoms with Crippen LogP contribution in [0.1, 0.15) is 59.1 Å². The summed E-state index contributed by atoms with van der Waals surface area (Å²) in [6.07, 6.45) is -15.0. The average Bonchev–Trinajstić information content (AvgIpc) is 3.41. The molecule has 22 heteroatoms. The summed E-state index contributed by atoms with van der Waals surface area (Å²) in [4.78, 5) is 26.7. The Hall–Kier alpha value is -8.30. The van der Waals surface area contributed by atoms with Crippen LogP contribution >= 0.6 is 0 Å². The van der Waals surface area contributed by atoms with E-state index < -0.39 is 115 Å². The Morgan fingerprint density at radius 1 is 0.468 bits per heavy atom. The lowest BCUT2D eigenvalue weighted by atomic mass is 9.77. The molecule has 0 aromatic heterocycles. The normalized spacial score (nSPS) is 12.4. The number of nitrogens with two attached hydrogens (primary N) is 2. The van der Waals surface area contributed by atoms with E-state index in [1.165, 1.54) is 36.4 Å². The van der Waals surface area contributed by atoms with E-state index in [1.54, 1.807) is 48.5 Å². The molecular weight excluding hydrogens is 1070 g/mol. The summed E-state index contributed by atoms with van der Waals surface area (Å²) in [5, 5.41) is 0. The van der Waals surface area contributed by atoms with Crippen LogP contribution in [0.2, 0.25) is 0 Å². The van der Waals surface area contributed by atoms with Crippen LogP contribution in [0.25, 0.3) is 12.2 Å². The second-order valence-corrected chi connectivity index (χ2v) is 18.0. The first kappa shape index (κ1) is 59.9. The minimum atomic E-state index is -4.40. The molecule has 10 nitrogen and oxygen atoms in total. The van der Waals surface area contributed by atoms with E-state index in [2.05, 4.69) is 9.47 Å². The first-order valence-electron chi connectivity index (χ1n) is 24.0. The molecule has 0 radical (unpaired) electrons. The maximum absolute atomic E-state index is 15.2. The molecule has 0 unspecified atom stereocenters. The van der Waals surface area contributed by atoms with Gasteiger partial charge in [0.1, 0.15) is 24.7 Å². The Balaban J connectivity index is 1.10. The van der Waals surface area contributed by atoms with Gasteiger partial charge in [-0.1, -0.05) is 48.5 Å². The Kier molecular flexibility index (Phi) is 20.0. The molecule has 420 valence electrons. The maximum Gasteiger partial charge on any atom is 0.426 e. The van der Waals surface area contributed by atoms with E-state index in [9.17, 15) is 44.7 Å². The smallest absolute Gasteiger partial charge is 0.426 e. The van der Waals surface area contributed by atoms with Crippen molar-refractivity contribution in [1.82, 2.24) is 0 Å². The zero-order valence-corrected chi connectivity index (χ0v) is 41.5. The van der Waals surface area contributed by atoms with Crippen molar-refractivity contribution in [1.29, 1.82) is 0 Å². The number of nitrogen functional groups attached to an aromatic ring is 2. The van der Waals surface area contributed by atoms with E-state index in [0.717, 1.165) is 60.7 Å². The number of hydrogen-bond acceptors (Lipinski definition) is 10. The molecule has 0 fully saturated rings. The van der Waals surface area contributed by atoms with Crippen molar-refractivity contribution in [3.05, 3.63) is 191 Å². The van der Waals surface area contributed by atoms with Gasteiger partial charge < -0.3 is 39.9 Å². The summed E-state index contributed by atoms with van der Waals surface area (Å²) in [6.45, 7) is -1.48. The molecule has 0 bridgehead atoms. The highest BCUT2D eigenvalue weighted by molar-refractivity contribution is 5.87. The molecule has 0 amide bonds. The van der Waals surface area contributed by atoms with E-state index in [1.807, 2.05) is 0 Å². The molecule has 6 aromatic rings. The van der Waals surface area contributed by atoms with E-state index >= 15 is 17.6 Å². The lowest BCUT2D eigenvalue weighted by Crippen LogP contribution is -2.38. The third-order valence-corrected chi connectivity index (χ3v) is 11.5. The number of halogens is 12. The molecule has 0 atom stereocenters.